The molecule has 0 spiro atoms. The van der Waals surface area contributed by atoms with E-state index in [2.05, 4.69) is 5.32 Å². The van der Waals surface area contributed by atoms with E-state index in [1.54, 1.807) is 11.9 Å². The molecule has 0 heterocycles. The fourth-order valence-electron chi connectivity index (χ4n) is 1.96. The molecule has 4 heteroatoms. The maximum atomic E-state index is 11.5. The smallest absolute Gasteiger partial charge is 0.317 e. The van der Waals surface area contributed by atoms with Crippen LogP contribution in [0.2, 0.25) is 0 Å². The van der Waals surface area contributed by atoms with E-state index in [0.717, 1.165) is 32.2 Å². The third kappa shape index (κ3) is 4.08. The van der Waals surface area contributed by atoms with Gasteiger partial charge in [-0.15, -0.1) is 0 Å². The van der Waals surface area contributed by atoms with Crippen molar-refractivity contribution in [1.29, 1.82) is 0 Å². The van der Waals surface area contributed by atoms with Gasteiger partial charge in [-0.3, -0.25) is 0 Å². The van der Waals surface area contributed by atoms with Gasteiger partial charge in [-0.1, -0.05) is 6.42 Å². The van der Waals surface area contributed by atoms with Crippen LogP contribution in [0.15, 0.2) is 0 Å². The van der Waals surface area contributed by atoms with Gasteiger partial charge in [-0.05, 0) is 32.1 Å². The van der Waals surface area contributed by atoms with E-state index in [0.29, 0.717) is 12.5 Å². The first-order chi connectivity index (χ1) is 7.13. The molecular weight excluding hydrogens is 192 g/mol. The first-order valence-electron chi connectivity index (χ1n) is 5.80. The molecular formula is C11H22N2O2. The number of carbonyl (C=O) groups excluding carboxylic acids is 1. The van der Waals surface area contributed by atoms with Gasteiger partial charge in [0.15, 0.2) is 0 Å². The van der Waals surface area contributed by atoms with Gasteiger partial charge in [0.05, 0.1) is 6.10 Å². The zero-order valence-corrected chi connectivity index (χ0v) is 9.70. The molecule has 2 unspecified atom stereocenters. The van der Waals surface area contributed by atoms with Crippen molar-refractivity contribution in [3.63, 3.8) is 0 Å². The van der Waals surface area contributed by atoms with Gasteiger partial charge < -0.3 is 15.3 Å². The van der Waals surface area contributed by atoms with Crippen molar-refractivity contribution in [1.82, 2.24) is 10.2 Å². The minimum Gasteiger partial charge on any atom is -0.393 e. The summed E-state index contributed by atoms with van der Waals surface area (Å²) in [6, 6.07) is -0.0161. The van der Waals surface area contributed by atoms with Crippen LogP contribution in [0.1, 0.15) is 32.6 Å². The van der Waals surface area contributed by atoms with Crippen molar-refractivity contribution in [3.8, 4) is 0 Å². The number of carbonyl (C=O) groups is 1. The second-order valence-corrected chi connectivity index (χ2v) is 4.39. The molecule has 0 aromatic heterocycles. The quantitative estimate of drug-likeness (QED) is 0.741. The number of hydrogen-bond acceptors (Lipinski definition) is 2. The molecule has 15 heavy (non-hydrogen) atoms. The summed E-state index contributed by atoms with van der Waals surface area (Å²) in [5.41, 5.74) is 0. The van der Waals surface area contributed by atoms with Crippen molar-refractivity contribution >= 4 is 6.03 Å². The number of aliphatic hydroxyl groups excluding tert-OH is 1. The number of nitrogens with zero attached hydrogens (tertiary/aromatic N) is 1. The lowest BCUT2D eigenvalue weighted by Gasteiger charge is -2.26. The van der Waals surface area contributed by atoms with Crippen molar-refractivity contribution in [2.45, 2.75) is 38.7 Å². The van der Waals surface area contributed by atoms with Gasteiger partial charge in [-0.2, -0.15) is 0 Å². The molecule has 0 aromatic carbocycles. The SMILES string of the molecule is CCN(C)C(=O)NCC1CCCC(O)C1. The molecule has 1 aliphatic rings. The molecule has 0 saturated heterocycles. The molecule has 2 amide bonds. The van der Waals surface area contributed by atoms with Crippen molar-refractivity contribution in [2.24, 2.45) is 5.92 Å². The van der Waals surface area contributed by atoms with Crippen LogP contribution in [0.4, 0.5) is 4.79 Å². The predicted molar refractivity (Wildman–Crippen MR) is 59.7 cm³/mol. The molecule has 4 nitrogen and oxygen atoms in total. The molecule has 2 atom stereocenters. The number of aliphatic hydroxyl groups is 1. The van der Waals surface area contributed by atoms with E-state index in [1.165, 1.54) is 0 Å². The van der Waals surface area contributed by atoms with Crippen LogP contribution in [0.5, 0.6) is 0 Å². The summed E-state index contributed by atoms with van der Waals surface area (Å²) < 4.78 is 0. The Labute approximate surface area is 91.6 Å². The predicted octanol–water partition coefficient (Wildman–Crippen LogP) is 1.20. The third-order valence-corrected chi connectivity index (χ3v) is 3.12. The van der Waals surface area contributed by atoms with E-state index >= 15 is 0 Å². The second kappa shape index (κ2) is 5.95. The number of nitrogens with one attached hydrogen (secondary N) is 1. The highest BCUT2D eigenvalue weighted by Crippen LogP contribution is 2.23. The summed E-state index contributed by atoms with van der Waals surface area (Å²) in [6.07, 6.45) is 3.78. The Morgan fingerprint density at radius 3 is 2.87 bits per heavy atom. The Morgan fingerprint density at radius 1 is 1.53 bits per heavy atom. The molecule has 1 aliphatic carbocycles. The maximum Gasteiger partial charge on any atom is 0.317 e. The van der Waals surface area contributed by atoms with Crippen LogP contribution in [0, 0.1) is 5.92 Å². The average Bonchev–Trinajstić information content (AvgIpc) is 2.25. The normalized spacial score (nSPS) is 26.1. The summed E-state index contributed by atoms with van der Waals surface area (Å²) in [6.45, 7) is 3.36. The van der Waals surface area contributed by atoms with E-state index in [9.17, 15) is 9.90 Å². The zero-order valence-electron chi connectivity index (χ0n) is 9.70. The van der Waals surface area contributed by atoms with E-state index in [1.807, 2.05) is 6.92 Å². The van der Waals surface area contributed by atoms with Crippen molar-refractivity contribution in [2.75, 3.05) is 20.1 Å². The minimum absolute atomic E-state index is 0.0161. The van der Waals surface area contributed by atoms with E-state index in [-0.39, 0.29) is 12.1 Å². The summed E-state index contributed by atoms with van der Waals surface area (Å²) in [5, 5.41) is 12.4. The summed E-state index contributed by atoms with van der Waals surface area (Å²) in [4.78, 5) is 13.1. The number of amides is 2. The number of hydrogen-bond donors (Lipinski definition) is 2. The molecule has 88 valence electrons. The zero-order chi connectivity index (χ0) is 11.3. The Morgan fingerprint density at radius 2 is 2.27 bits per heavy atom. The molecule has 1 fully saturated rings. The van der Waals surface area contributed by atoms with E-state index < -0.39 is 0 Å². The average molecular weight is 214 g/mol. The fraction of sp³-hybridized carbons (Fsp3) is 0.909. The summed E-state index contributed by atoms with van der Waals surface area (Å²) >= 11 is 0. The van der Waals surface area contributed by atoms with Crippen LogP contribution in [0.25, 0.3) is 0 Å². The second-order valence-electron chi connectivity index (χ2n) is 4.39. The minimum atomic E-state index is -0.162. The van der Waals surface area contributed by atoms with Gasteiger partial charge in [0.2, 0.25) is 0 Å². The Balaban J connectivity index is 2.21. The van der Waals surface area contributed by atoms with Gasteiger partial charge in [0.25, 0.3) is 0 Å². The lowest BCUT2D eigenvalue weighted by Crippen LogP contribution is -2.40. The topological polar surface area (TPSA) is 52.6 Å². The highest BCUT2D eigenvalue weighted by molar-refractivity contribution is 5.73. The highest BCUT2D eigenvalue weighted by Gasteiger charge is 2.20. The van der Waals surface area contributed by atoms with Crippen LogP contribution in [-0.2, 0) is 0 Å². The number of rotatable bonds is 3. The first-order valence-corrected chi connectivity index (χ1v) is 5.80. The van der Waals surface area contributed by atoms with Crippen LogP contribution in [0.3, 0.4) is 0 Å². The Hall–Kier alpha value is -0.770. The van der Waals surface area contributed by atoms with Crippen LogP contribution in [-0.4, -0.2) is 42.3 Å². The molecule has 0 aromatic rings. The standard InChI is InChI=1S/C11H22N2O2/c1-3-13(2)11(15)12-8-9-5-4-6-10(14)7-9/h9-10,14H,3-8H2,1-2H3,(H,12,15). The van der Waals surface area contributed by atoms with Crippen LogP contribution >= 0.6 is 0 Å². The third-order valence-electron chi connectivity index (χ3n) is 3.12. The number of urea groups is 1. The Kier molecular flexibility index (Phi) is 4.88. The lowest BCUT2D eigenvalue weighted by atomic mass is 9.87. The first kappa shape index (κ1) is 12.3. The highest BCUT2D eigenvalue weighted by atomic mass is 16.3. The molecule has 0 bridgehead atoms. The van der Waals surface area contributed by atoms with Crippen molar-refractivity contribution < 1.29 is 9.90 Å². The van der Waals surface area contributed by atoms with Gasteiger partial charge in [0, 0.05) is 20.1 Å². The Bertz CT molecular complexity index is 209. The van der Waals surface area contributed by atoms with Crippen LogP contribution < -0.4 is 5.32 Å². The molecule has 1 saturated carbocycles. The fourth-order valence-corrected chi connectivity index (χ4v) is 1.96. The molecule has 0 aliphatic heterocycles. The molecule has 0 radical (unpaired) electrons. The van der Waals surface area contributed by atoms with Gasteiger partial charge in [-0.25, -0.2) is 4.79 Å². The molecule has 2 N–H and O–H groups in total. The summed E-state index contributed by atoms with van der Waals surface area (Å²) in [5.74, 6) is 0.447. The largest absolute Gasteiger partial charge is 0.393 e. The van der Waals surface area contributed by atoms with Crippen molar-refractivity contribution in [3.05, 3.63) is 0 Å². The van der Waals surface area contributed by atoms with Gasteiger partial charge >= 0.3 is 6.03 Å². The maximum absolute atomic E-state index is 11.5. The van der Waals surface area contributed by atoms with E-state index in [4.69, 9.17) is 0 Å². The molecule has 1 rings (SSSR count). The summed E-state index contributed by atoms with van der Waals surface area (Å²) in [7, 11) is 1.78. The monoisotopic (exact) mass is 214 g/mol. The van der Waals surface area contributed by atoms with Gasteiger partial charge in [0.1, 0.15) is 0 Å². The lowest BCUT2D eigenvalue weighted by molar-refractivity contribution is 0.100.